The van der Waals surface area contributed by atoms with Gasteiger partial charge in [-0.25, -0.2) is 9.07 Å². The molecule has 0 bridgehead atoms. The van der Waals surface area contributed by atoms with Gasteiger partial charge in [0, 0.05) is 16.8 Å². The summed E-state index contributed by atoms with van der Waals surface area (Å²) in [5, 5.41) is 10.1. The van der Waals surface area contributed by atoms with Gasteiger partial charge >= 0.3 is 0 Å². The van der Waals surface area contributed by atoms with E-state index in [1.54, 1.807) is 13.2 Å². The number of aromatic nitrogens is 2. The number of hydrogen-bond donors (Lipinski definition) is 2. The number of benzene rings is 2. The molecule has 8 heteroatoms. The number of carbonyl (C=O) groups is 2. The summed E-state index contributed by atoms with van der Waals surface area (Å²) in [6, 6.07) is 12.1. The van der Waals surface area contributed by atoms with Crippen molar-refractivity contribution >= 4 is 23.3 Å². The number of rotatable bonds is 4. The Bertz CT molecular complexity index is 1090. The lowest BCUT2D eigenvalue weighted by molar-refractivity contribution is -0.125. The molecule has 0 fully saturated rings. The average molecular weight is 394 g/mol. The highest BCUT2D eigenvalue weighted by Gasteiger charge is 2.34. The molecule has 2 N–H and O–H groups in total. The lowest BCUT2D eigenvalue weighted by atomic mass is 10.1. The van der Waals surface area contributed by atoms with Crippen LogP contribution < -0.4 is 15.4 Å². The lowest BCUT2D eigenvalue weighted by Gasteiger charge is -2.24. The normalized spacial score (nSPS) is 15.4. The highest BCUT2D eigenvalue weighted by Crippen LogP contribution is 2.35. The molecule has 1 atom stereocenters. The van der Waals surface area contributed by atoms with Crippen molar-refractivity contribution in [1.29, 1.82) is 0 Å². The quantitative estimate of drug-likeness (QED) is 0.709. The van der Waals surface area contributed by atoms with E-state index >= 15 is 0 Å². The van der Waals surface area contributed by atoms with Crippen LogP contribution in [0.25, 0.3) is 11.3 Å². The zero-order valence-electron chi connectivity index (χ0n) is 15.9. The topological polar surface area (TPSA) is 85.2 Å². The van der Waals surface area contributed by atoms with E-state index in [9.17, 15) is 14.0 Å². The minimum absolute atomic E-state index is 0.0582. The summed E-state index contributed by atoms with van der Waals surface area (Å²) in [4.78, 5) is 25.1. The van der Waals surface area contributed by atoms with Crippen LogP contribution in [0.15, 0.2) is 48.5 Å². The van der Waals surface area contributed by atoms with Gasteiger partial charge in [-0.2, -0.15) is 5.10 Å². The Morgan fingerprint density at radius 3 is 2.72 bits per heavy atom. The molecular formula is C21H19FN4O3. The summed E-state index contributed by atoms with van der Waals surface area (Å²) in [5.74, 6) is 0.0285. The van der Waals surface area contributed by atoms with Crippen molar-refractivity contribution in [2.45, 2.75) is 19.4 Å². The van der Waals surface area contributed by atoms with E-state index in [4.69, 9.17) is 4.74 Å². The van der Waals surface area contributed by atoms with Gasteiger partial charge in [-0.3, -0.25) is 9.59 Å². The fourth-order valence-electron chi connectivity index (χ4n) is 3.36. The van der Waals surface area contributed by atoms with Gasteiger partial charge in [-0.05, 0) is 49.4 Å². The number of ether oxygens (including phenoxy) is 1. The fraction of sp³-hybridized carbons (Fsp3) is 0.190. The van der Waals surface area contributed by atoms with E-state index in [0.717, 1.165) is 16.9 Å². The van der Waals surface area contributed by atoms with Crippen LogP contribution >= 0.6 is 0 Å². The summed E-state index contributed by atoms with van der Waals surface area (Å²) in [6.45, 7) is 1.84. The maximum Gasteiger partial charge on any atom is 0.249 e. The van der Waals surface area contributed by atoms with E-state index in [2.05, 4.69) is 15.7 Å². The number of anilines is 2. The van der Waals surface area contributed by atoms with E-state index < -0.39 is 17.8 Å². The molecule has 0 aliphatic carbocycles. The molecule has 1 unspecified atom stereocenters. The maximum atomic E-state index is 13.4. The number of hydrogen-bond acceptors (Lipinski definition) is 4. The van der Waals surface area contributed by atoms with E-state index in [-0.39, 0.29) is 12.3 Å². The monoisotopic (exact) mass is 394 g/mol. The first kappa shape index (κ1) is 18.7. The minimum Gasteiger partial charge on any atom is -0.497 e. The first-order valence-electron chi connectivity index (χ1n) is 9.06. The number of nitrogens with zero attached hydrogens (tertiary/aromatic N) is 2. The standard InChI is InChI=1S/C21H19FN4O3/c1-12-19(13-6-8-16(29-2)9-7-13)25-26-17(11-18(27)24-20(12)26)21(28)23-15-5-3-4-14(22)10-15/h3-10,17H,11H2,1-2H3,(H,23,28)(H,24,27). The van der Waals surface area contributed by atoms with E-state index in [0.29, 0.717) is 17.2 Å². The number of amides is 2. The van der Waals surface area contributed by atoms with Crippen LogP contribution in [0.3, 0.4) is 0 Å². The zero-order valence-corrected chi connectivity index (χ0v) is 15.9. The predicted octanol–water partition coefficient (Wildman–Crippen LogP) is 3.53. The van der Waals surface area contributed by atoms with Gasteiger partial charge in [0.25, 0.3) is 0 Å². The zero-order chi connectivity index (χ0) is 20.5. The Kier molecular flexibility index (Phi) is 4.75. The molecule has 1 aromatic heterocycles. The predicted molar refractivity (Wildman–Crippen MR) is 106 cm³/mol. The van der Waals surface area contributed by atoms with Crippen molar-refractivity contribution in [3.63, 3.8) is 0 Å². The number of nitrogens with one attached hydrogen (secondary N) is 2. The van der Waals surface area contributed by atoms with Crippen molar-refractivity contribution in [2.24, 2.45) is 0 Å². The summed E-state index contributed by atoms with van der Waals surface area (Å²) in [5.41, 5.74) is 2.57. The van der Waals surface area contributed by atoms with Gasteiger partial charge in [0.05, 0.1) is 19.2 Å². The van der Waals surface area contributed by atoms with Gasteiger partial charge in [0.2, 0.25) is 11.8 Å². The minimum atomic E-state index is -0.840. The molecule has 2 heterocycles. The first-order valence-corrected chi connectivity index (χ1v) is 9.06. The summed E-state index contributed by atoms with van der Waals surface area (Å²) < 4.78 is 20.1. The highest BCUT2D eigenvalue weighted by molar-refractivity contribution is 6.02. The third-order valence-electron chi connectivity index (χ3n) is 4.84. The van der Waals surface area contributed by atoms with Gasteiger partial charge in [0.15, 0.2) is 0 Å². The fourth-order valence-corrected chi connectivity index (χ4v) is 3.36. The van der Waals surface area contributed by atoms with Crippen LogP contribution in [-0.4, -0.2) is 28.7 Å². The van der Waals surface area contributed by atoms with Crippen molar-refractivity contribution in [2.75, 3.05) is 17.7 Å². The Morgan fingerprint density at radius 2 is 2.03 bits per heavy atom. The molecule has 3 aromatic rings. The average Bonchev–Trinajstić information content (AvgIpc) is 3.04. The van der Waals surface area contributed by atoms with E-state index in [1.807, 2.05) is 31.2 Å². The van der Waals surface area contributed by atoms with Crippen LogP contribution in [0.5, 0.6) is 5.75 Å². The molecule has 29 heavy (non-hydrogen) atoms. The number of halogens is 1. The second-order valence-corrected chi connectivity index (χ2v) is 6.76. The second kappa shape index (κ2) is 7.38. The molecule has 0 spiro atoms. The van der Waals surface area contributed by atoms with Crippen LogP contribution in [0.4, 0.5) is 15.9 Å². The molecule has 1 aliphatic rings. The maximum absolute atomic E-state index is 13.4. The molecule has 0 saturated carbocycles. The van der Waals surface area contributed by atoms with Crippen LogP contribution in [0, 0.1) is 12.7 Å². The van der Waals surface area contributed by atoms with Crippen molar-refractivity contribution < 1.29 is 18.7 Å². The van der Waals surface area contributed by atoms with Crippen molar-refractivity contribution in [1.82, 2.24) is 9.78 Å². The van der Waals surface area contributed by atoms with Crippen LogP contribution in [0.1, 0.15) is 18.0 Å². The Hall–Kier alpha value is -3.68. The molecule has 2 amide bonds. The summed E-state index contributed by atoms with van der Waals surface area (Å²) in [6.07, 6.45) is -0.0582. The van der Waals surface area contributed by atoms with Crippen LogP contribution in [-0.2, 0) is 9.59 Å². The molecule has 0 saturated heterocycles. The number of fused-ring (bicyclic) bond motifs is 1. The Labute approximate surface area is 166 Å². The summed E-state index contributed by atoms with van der Waals surface area (Å²) >= 11 is 0. The Morgan fingerprint density at radius 1 is 1.28 bits per heavy atom. The third-order valence-corrected chi connectivity index (χ3v) is 4.84. The highest BCUT2D eigenvalue weighted by atomic mass is 19.1. The first-order chi connectivity index (χ1) is 14.0. The van der Waals surface area contributed by atoms with Gasteiger partial charge in [-0.1, -0.05) is 6.07 Å². The molecule has 1 aliphatic heterocycles. The number of carbonyl (C=O) groups excluding carboxylic acids is 2. The number of methoxy groups -OCH3 is 1. The molecule has 2 aromatic carbocycles. The SMILES string of the molecule is COc1ccc(-c2nn3c(c2C)NC(=O)CC3C(=O)Nc2cccc(F)c2)cc1. The molecule has 4 rings (SSSR count). The Balaban J connectivity index is 1.68. The van der Waals surface area contributed by atoms with Gasteiger partial charge in [0.1, 0.15) is 23.4 Å². The molecule has 148 valence electrons. The molecular weight excluding hydrogens is 375 g/mol. The van der Waals surface area contributed by atoms with Gasteiger partial charge in [-0.15, -0.1) is 0 Å². The van der Waals surface area contributed by atoms with Crippen LogP contribution in [0.2, 0.25) is 0 Å². The molecule has 0 radical (unpaired) electrons. The second-order valence-electron chi connectivity index (χ2n) is 6.76. The van der Waals surface area contributed by atoms with Crippen molar-refractivity contribution in [3.05, 3.63) is 59.9 Å². The lowest BCUT2D eigenvalue weighted by Crippen LogP contribution is -2.35. The van der Waals surface area contributed by atoms with Crippen molar-refractivity contribution in [3.8, 4) is 17.0 Å². The smallest absolute Gasteiger partial charge is 0.249 e. The van der Waals surface area contributed by atoms with E-state index in [1.165, 1.54) is 22.9 Å². The molecule has 7 nitrogen and oxygen atoms in total. The van der Waals surface area contributed by atoms with Gasteiger partial charge < -0.3 is 15.4 Å². The third kappa shape index (κ3) is 3.56. The summed E-state index contributed by atoms with van der Waals surface area (Å²) in [7, 11) is 1.59. The largest absolute Gasteiger partial charge is 0.497 e.